The zero-order chi connectivity index (χ0) is 22.2. The van der Waals surface area contributed by atoms with E-state index >= 15 is 0 Å². The number of benzene rings is 2. The molecule has 0 radical (unpaired) electrons. The van der Waals surface area contributed by atoms with Gasteiger partial charge in [0.1, 0.15) is 5.52 Å². The molecule has 2 aromatic carbocycles. The number of nitrogens with one attached hydrogen (secondary N) is 1. The highest BCUT2D eigenvalue weighted by atomic mass is 35.5. The largest absolute Gasteiger partial charge is 0.299 e. The van der Waals surface area contributed by atoms with Crippen LogP contribution >= 0.6 is 11.6 Å². The lowest BCUT2D eigenvalue weighted by Crippen LogP contribution is -2.33. The normalized spacial score (nSPS) is 11.2. The van der Waals surface area contributed by atoms with Gasteiger partial charge in [-0.3, -0.25) is 15.0 Å². The molecule has 8 nitrogen and oxygen atoms in total. The SMILES string of the molecule is CCc1nn2c(nnc3c(=O)n(NC(=O)c4ccccc4)ccc32)c1-c1ccc(Cl)cc1. The van der Waals surface area contributed by atoms with Crippen LogP contribution in [-0.4, -0.2) is 30.4 Å². The molecule has 3 heterocycles. The standard InChI is InChI=1S/C23H17ClN6O2/c1-2-17-19(14-8-10-16(24)11-9-14)21-26-25-20-18(30(21)27-17)12-13-29(23(20)32)28-22(31)15-6-4-3-5-7-15/h3-13H,2H2,1H3,(H,28,31). The third kappa shape index (κ3) is 3.30. The summed E-state index contributed by atoms with van der Waals surface area (Å²) in [7, 11) is 0. The van der Waals surface area contributed by atoms with Crippen LogP contribution in [0.3, 0.4) is 0 Å². The number of halogens is 1. The highest BCUT2D eigenvalue weighted by Crippen LogP contribution is 2.29. The Hall–Kier alpha value is -4.04. The molecule has 0 unspecified atom stereocenters. The average Bonchev–Trinajstić information content (AvgIpc) is 3.21. The van der Waals surface area contributed by atoms with Crippen LogP contribution in [0.5, 0.6) is 0 Å². The van der Waals surface area contributed by atoms with Gasteiger partial charge in [0.15, 0.2) is 11.2 Å². The number of aryl methyl sites for hydroxylation is 1. The van der Waals surface area contributed by atoms with Crippen LogP contribution in [-0.2, 0) is 6.42 Å². The van der Waals surface area contributed by atoms with Gasteiger partial charge in [-0.25, -0.2) is 9.19 Å². The molecule has 0 atom stereocenters. The molecule has 0 aliphatic heterocycles. The van der Waals surface area contributed by atoms with Gasteiger partial charge in [-0.15, -0.1) is 10.2 Å². The van der Waals surface area contributed by atoms with Gasteiger partial charge in [0.2, 0.25) is 0 Å². The fourth-order valence-corrected chi connectivity index (χ4v) is 3.73. The highest BCUT2D eigenvalue weighted by molar-refractivity contribution is 6.30. The van der Waals surface area contributed by atoms with E-state index in [4.69, 9.17) is 11.6 Å². The van der Waals surface area contributed by atoms with Gasteiger partial charge in [0.25, 0.3) is 11.5 Å². The van der Waals surface area contributed by atoms with Crippen molar-refractivity contribution in [1.82, 2.24) is 24.5 Å². The van der Waals surface area contributed by atoms with E-state index < -0.39 is 11.5 Å². The van der Waals surface area contributed by atoms with Crippen LogP contribution < -0.4 is 11.0 Å². The number of aromatic nitrogens is 5. The van der Waals surface area contributed by atoms with Gasteiger partial charge in [-0.05, 0) is 42.3 Å². The van der Waals surface area contributed by atoms with E-state index in [1.807, 2.05) is 37.3 Å². The second kappa shape index (κ2) is 7.90. The Bertz CT molecular complexity index is 1520. The lowest BCUT2D eigenvalue weighted by atomic mass is 10.0. The van der Waals surface area contributed by atoms with Crippen molar-refractivity contribution in [3.8, 4) is 11.1 Å². The lowest BCUT2D eigenvalue weighted by molar-refractivity contribution is 0.101. The number of fused-ring (bicyclic) bond motifs is 3. The first-order valence-electron chi connectivity index (χ1n) is 9.99. The molecule has 1 N–H and O–H groups in total. The topological polar surface area (TPSA) is 94.2 Å². The summed E-state index contributed by atoms with van der Waals surface area (Å²) in [6.07, 6.45) is 2.16. The first-order valence-corrected chi connectivity index (χ1v) is 10.4. The molecule has 5 rings (SSSR count). The van der Waals surface area contributed by atoms with E-state index in [2.05, 4.69) is 20.7 Å². The Labute approximate surface area is 187 Å². The molecule has 0 aliphatic carbocycles. The Kier molecular flexibility index (Phi) is 4.91. The quantitative estimate of drug-likeness (QED) is 0.456. The number of pyridine rings is 1. The number of nitrogens with zero attached hydrogens (tertiary/aromatic N) is 5. The number of rotatable bonds is 4. The van der Waals surface area contributed by atoms with Crippen LogP contribution in [0.15, 0.2) is 71.7 Å². The maximum Gasteiger partial charge on any atom is 0.299 e. The molecule has 0 bridgehead atoms. The zero-order valence-corrected chi connectivity index (χ0v) is 17.7. The molecule has 32 heavy (non-hydrogen) atoms. The van der Waals surface area contributed by atoms with Crippen LogP contribution in [0, 0.1) is 0 Å². The molecule has 0 aliphatic rings. The molecule has 0 spiro atoms. The van der Waals surface area contributed by atoms with Gasteiger partial charge in [-0.1, -0.05) is 48.9 Å². The number of carbonyl (C=O) groups excluding carboxylic acids is 1. The van der Waals surface area contributed by atoms with Crippen molar-refractivity contribution < 1.29 is 4.79 Å². The van der Waals surface area contributed by atoms with Crippen molar-refractivity contribution in [2.24, 2.45) is 0 Å². The maximum absolute atomic E-state index is 13.0. The van der Waals surface area contributed by atoms with Crippen LogP contribution in [0.1, 0.15) is 23.0 Å². The minimum absolute atomic E-state index is 0.0983. The molecule has 0 fully saturated rings. The van der Waals surface area contributed by atoms with E-state index in [-0.39, 0.29) is 5.52 Å². The summed E-state index contributed by atoms with van der Waals surface area (Å²) in [6.45, 7) is 2.00. The summed E-state index contributed by atoms with van der Waals surface area (Å²) in [4.78, 5) is 25.4. The Morgan fingerprint density at radius 3 is 2.50 bits per heavy atom. The smallest absolute Gasteiger partial charge is 0.267 e. The van der Waals surface area contributed by atoms with E-state index in [9.17, 15) is 9.59 Å². The Morgan fingerprint density at radius 1 is 1.03 bits per heavy atom. The summed E-state index contributed by atoms with van der Waals surface area (Å²) in [5.41, 5.74) is 6.26. The average molecular weight is 445 g/mol. The van der Waals surface area contributed by atoms with E-state index in [1.54, 1.807) is 34.8 Å². The number of carbonyl (C=O) groups is 1. The second-order valence-electron chi connectivity index (χ2n) is 7.15. The van der Waals surface area contributed by atoms with Gasteiger partial charge >= 0.3 is 0 Å². The number of amides is 1. The summed E-state index contributed by atoms with van der Waals surface area (Å²) >= 11 is 6.03. The predicted molar refractivity (Wildman–Crippen MR) is 123 cm³/mol. The van der Waals surface area contributed by atoms with E-state index in [0.29, 0.717) is 28.2 Å². The molecule has 5 aromatic rings. The predicted octanol–water partition coefficient (Wildman–Crippen LogP) is 3.71. The van der Waals surface area contributed by atoms with Gasteiger partial charge in [-0.2, -0.15) is 5.10 Å². The monoisotopic (exact) mass is 444 g/mol. The van der Waals surface area contributed by atoms with Gasteiger partial charge in [0, 0.05) is 16.8 Å². The van der Waals surface area contributed by atoms with Crippen LogP contribution in [0.4, 0.5) is 0 Å². The molecule has 9 heteroatoms. The van der Waals surface area contributed by atoms with Crippen molar-refractivity contribution in [2.45, 2.75) is 13.3 Å². The van der Waals surface area contributed by atoms with Crippen molar-refractivity contribution in [2.75, 3.05) is 5.43 Å². The zero-order valence-electron chi connectivity index (χ0n) is 17.0. The summed E-state index contributed by atoms with van der Waals surface area (Å²) in [5.74, 6) is -0.404. The second-order valence-corrected chi connectivity index (χ2v) is 7.59. The fraction of sp³-hybridized carbons (Fsp3) is 0.0870. The van der Waals surface area contributed by atoms with Crippen LogP contribution in [0.25, 0.3) is 27.8 Å². The summed E-state index contributed by atoms with van der Waals surface area (Å²) in [6, 6.07) is 17.8. The molecule has 0 saturated carbocycles. The van der Waals surface area contributed by atoms with E-state index in [1.165, 1.54) is 6.20 Å². The van der Waals surface area contributed by atoms with Crippen molar-refractivity contribution in [3.63, 3.8) is 0 Å². The Morgan fingerprint density at radius 2 is 1.78 bits per heavy atom. The highest BCUT2D eigenvalue weighted by Gasteiger charge is 2.19. The summed E-state index contributed by atoms with van der Waals surface area (Å²) in [5, 5.41) is 13.8. The van der Waals surface area contributed by atoms with Crippen molar-refractivity contribution in [3.05, 3.63) is 93.5 Å². The number of hydrogen-bond acceptors (Lipinski definition) is 5. The van der Waals surface area contributed by atoms with Gasteiger partial charge < -0.3 is 0 Å². The van der Waals surface area contributed by atoms with Crippen LogP contribution in [0.2, 0.25) is 5.02 Å². The minimum Gasteiger partial charge on any atom is -0.267 e. The fourth-order valence-electron chi connectivity index (χ4n) is 3.60. The molecule has 3 aromatic heterocycles. The summed E-state index contributed by atoms with van der Waals surface area (Å²) < 4.78 is 2.72. The molecule has 1 amide bonds. The van der Waals surface area contributed by atoms with Crippen molar-refractivity contribution in [1.29, 1.82) is 0 Å². The van der Waals surface area contributed by atoms with Crippen molar-refractivity contribution >= 4 is 34.2 Å². The molecular weight excluding hydrogens is 428 g/mol. The minimum atomic E-state index is -0.497. The molecule has 158 valence electrons. The van der Waals surface area contributed by atoms with E-state index in [0.717, 1.165) is 21.5 Å². The first-order chi connectivity index (χ1) is 15.6. The first kappa shape index (κ1) is 19.9. The maximum atomic E-state index is 13.0. The number of hydrogen-bond donors (Lipinski definition) is 1. The molecular formula is C23H17ClN6O2. The lowest BCUT2D eigenvalue weighted by Gasteiger charge is -2.09. The third-order valence-electron chi connectivity index (χ3n) is 5.18. The Balaban J connectivity index is 1.63. The third-order valence-corrected chi connectivity index (χ3v) is 5.43. The molecule has 0 saturated heterocycles. The van der Waals surface area contributed by atoms with Gasteiger partial charge in [0.05, 0.1) is 11.3 Å².